The van der Waals surface area contributed by atoms with Gasteiger partial charge in [-0.1, -0.05) is 0 Å². The zero-order valence-corrected chi connectivity index (χ0v) is 15.3. The number of fused-ring (bicyclic) bond motifs is 1. The first-order chi connectivity index (χ1) is 10.4. The number of carbonyl (C=O) groups excluding carboxylic acids is 1. The maximum Gasteiger partial charge on any atom is 0.410 e. The van der Waals surface area contributed by atoms with Gasteiger partial charge in [-0.15, -0.1) is 0 Å². The first-order valence-corrected chi connectivity index (χ1v) is 9.26. The summed E-state index contributed by atoms with van der Waals surface area (Å²) in [6.07, 6.45) is 0.945. The molecule has 23 heavy (non-hydrogen) atoms. The standard InChI is InChI=1S/C15H25N3O4S/c1-10(2)23(20,21)13-7-16-18-8-11(3)17(9-12(13)18)14(19)22-15(4,5)6/h7,10-11H,8-9H2,1-6H3/t11-/m0/s1. The third-order valence-electron chi connectivity index (χ3n) is 3.75. The Morgan fingerprint density at radius 2 is 2.00 bits per heavy atom. The quantitative estimate of drug-likeness (QED) is 0.822. The zero-order chi connectivity index (χ0) is 17.6. The molecule has 0 saturated heterocycles. The lowest BCUT2D eigenvalue weighted by molar-refractivity contribution is 0.00875. The number of amides is 1. The molecule has 1 atom stereocenters. The van der Waals surface area contributed by atoms with Gasteiger partial charge in [0.05, 0.1) is 36.3 Å². The molecule has 0 fully saturated rings. The molecule has 1 aliphatic rings. The van der Waals surface area contributed by atoms with E-state index in [0.717, 1.165) is 0 Å². The molecule has 0 bridgehead atoms. The molecule has 0 N–H and O–H groups in total. The number of hydrogen-bond acceptors (Lipinski definition) is 5. The van der Waals surface area contributed by atoms with Crippen LogP contribution in [0.15, 0.2) is 11.1 Å². The summed E-state index contributed by atoms with van der Waals surface area (Å²) in [7, 11) is -3.44. The van der Waals surface area contributed by atoms with Gasteiger partial charge in [0.1, 0.15) is 10.5 Å². The second-order valence-electron chi connectivity index (χ2n) is 7.19. The largest absolute Gasteiger partial charge is 0.444 e. The summed E-state index contributed by atoms with van der Waals surface area (Å²) in [4.78, 5) is 14.1. The van der Waals surface area contributed by atoms with Crippen LogP contribution in [-0.4, -0.2) is 46.1 Å². The summed E-state index contributed by atoms with van der Waals surface area (Å²) in [6, 6.07) is -0.119. The van der Waals surface area contributed by atoms with E-state index in [0.29, 0.717) is 12.2 Å². The normalized spacial score (nSPS) is 18.9. The molecule has 1 amide bonds. The van der Waals surface area contributed by atoms with E-state index in [1.807, 2.05) is 6.92 Å². The fourth-order valence-corrected chi connectivity index (χ4v) is 3.63. The molecule has 0 saturated carbocycles. The monoisotopic (exact) mass is 343 g/mol. The topological polar surface area (TPSA) is 81.5 Å². The Balaban J connectivity index is 2.35. The van der Waals surface area contributed by atoms with Crippen LogP contribution in [0.25, 0.3) is 0 Å². The first kappa shape index (κ1) is 17.8. The molecule has 0 radical (unpaired) electrons. The third-order valence-corrected chi connectivity index (χ3v) is 5.95. The van der Waals surface area contributed by atoms with Crippen molar-refractivity contribution in [2.75, 3.05) is 0 Å². The number of rotatable bonds is 2. The highest BCUT2D eigenvalue weighted by Gasteiger charge is 2.35. The summed E-state index contributed by atoms with van der Waals surface area (Å²) in [5, 5.41) is 3.65. The fraction of sp³-hybridized carbons (Fsp3) is 0.733. The molecule has 7 nitrogen and oxygen atoms in total. The van der Waals surface area contributed by atoms with Crippen LogP contribution < -0.4 is 0 Å². The highest BCUT2D eigenvalue weighted by atomic mass is 32.2. The minimum atomic E-state index is -3.44. The number of ether oxygens (including phenoxy) is 1. The zero-order valence-electron chi connectivity index (χ0n) is 14.5. The molecule has 130 valence electrons. The molecular formula is C15H25N3O4S. The van der Waals surface area contributed by atoms with Crippen LogP contribution in [0.1, 0.15) is 47.2 Å². The van der Waals surface area contributed by atoms with Gasteiger partial charge in [0.15, 0.2) is 9.84 Å². The van der Waals surface area contributed by atoms with Crippen molar-refractivity contribution in [2.24, 2.45) is 0 Å². The maximum absolute atomic E-state index is 12.5. The average molecular weight is 343 g/mol. The number of sulfone groups is 1. The van der Waals surface area contributed by atoms with E-state index < -0.39 is 26.8 Å². The lowest BCUT2D eigenvalue weighted by Crippen LogP contribution is -2.47. The Hall–Kier alpha value is -1.57. The van der Waals surface area contributed by atoms with Crippen molar-refractivity contribution < 1.29 is 17.9 Å². The van der Waals surface area contributed by atoms with E-state index >= 15 is 0 Å². The van der Waals surface area contributed by atoms with E-state index in [4.69, 9.17) is 4.74 Å². The van der Waals surface area contributed by atoms with Gasteiger partial charge in [0.25, 0.3) is 0 Å². The van der Waals surface area contributed by atoms with E-state index in [-0.39, 0.29) is 17.5 Å². The van der Waals surface area contributed by atoms with Crippen LogP contribution in [0, 0.1) is 0 Å². The lowest BCUT2D eigenvalue weighted by Gasteiger charge is -2.35. The van der Waals surface area contributed by atoms with Gasteiger partial charge in [0.2, 0.25) is 0 Å². The van der Waals surface area contributed by atoms with Crippen LogP contribution in [0.5, 0.6) is 0 Å². The summed E-state index contributed by atoms with van der Waals surface area (Å²) >= 11 is 0. The third kappa shape index (κ3) is 3.52. The van der Waals surface area contributed by atoms with Crippen molar-refractivity contribution in [1.82, 2.24) is 14.7 Å². The number of hydrogen-bond donors (Lipinski definition) is 0. The van der Waals surface area contributed by atoms with E-state index in [9.17, 15) is 13.2 Å². The Labute approximate surface area is 137 Å². The van der Waals surface area contributed by atoms with E-state index in [1.165, 1.54) is 6.20 Å². The molecular weight excluding hydrogens is 318 g/mol. The predicted molar refractivity (Wildman–Crippen MR) is 85.8 cm³/mol. The van der Waals surface area contributed by atoms with Gasteiger partial charge in [-0.2, -0.15) is 5.10 Å². The summed E-state index contributed by atoms with van der Waals surface area (Å²) < 4.78 is 32.0. The van der Waals surface area contributed by atoms with Crippen molar-refractivity contribution in [3.63, 3.8) is 0 Å². The molecule has 2 rings (SSSR count). The van der Waals surface area contributed by atoms with Crippen molar-refractivity contribution >= 4 is 15.9 Å². The highest BCUT2D eigenvalue weighted by molar-refractivity contribution is 7.92. The van der Waals surface area contributed by atoms with Gasteiger partial charge < -0.3 is 4.74 Å². The second kappa shape index (κ2) is 5.81. The van der Waals surface area contributed by atoms with Gasteiger partial charge in [-0.25, -0.2) is 13.2 Å². The molecule has 0 unspecified atom stereocenters. The fourth-order valence-electron chi connectivity index (χ4n) is 2.43. The van der Waals surface area contributed by atoms with Crippen LogP contribution in [0.2, 0.25) is 0 Å². The average Bonchev–Trinajstić information content (AvgIpc) is 2.78. The minimum Gasteiger partial charge on any atom is -0.444 e. The summed E-state index contributed by atoms with van der Waals surface area (Å²) in [6.45, 7) is 11.2. The van der Waals surface area contributed by atoms with E-state index in [1.54, 1.807) is 44.2 Å². The molecule has 0 aromatic carbocycles. The van der Waals surface area contributed by atoms with Crippen LogP contribution in [0.4, 0.5) is 4.79 Å². The Kier molecular flexibility index (Phi) is 4.49. The second-order valence-corrected chi connectivity index (χ2v) is 9.66. The van der Waals surface area contributed by atoms with Gasteiger partial charge in [-0.05, 0) is 41.5 Å². The number of nitrogens with zero attached hydrogens (tertiary/aromatic N) is 3. The molecule has 2 heterocycles. The summed E-state index contributed by atoms with van der Waals surface area (Å²) in [5.41, 5.74) is -0.0518. The van der Waals surface area contributed by atoms with Crippen LogP contribution >= 0.6 is 0 Å². The Morgan fingerprint density at radius 3 is 2.52 bits per heavy atom. The molecule has 1 aromatic heterocycles. The molecule has 1 aliphatic heterocycles. The molecule has 0 aliphatic carbocycles. The number of aromatic nitrogens is 2. The lowest BCUT2D eigenvalue weighted by atomic mass is 10.2. The maximum atomic E-state index is 12.5. The highest BCUT2D eigenvalue weighted by Crippen LogP contribution is 2.27. The van der Waals surface area contributed by atoms with Crippen molar-refractivity contribution in [3.05, 3.63) is 11.9 Å². The first-order valence-electron chi connectivity index (χ1n) is 7.71. The van der Waals surface area contributed by atoms with Crippen molar-refractivity contribution in [1.29, 1.82) is 0 Å². The van der Waals surface area contributed by atoms with E-state index in [2.05, 4.69) is 5.10 Å². The number of carbonyl (C=O) groups is 1. The Morgan fingerprint density at radius 1 is 1.39 bits per heavy atom. The van der Waals surface area contributed by atoms with Crippen LogP contribution in [-0.2, 0) is 27.7 Å². The molecule has 1 aromatic rings. The van der Waals surface area contributed by atoms with Gasteiger partial charge in [-0.3, -0.25) is 9.58 Å². The SMILES string of the molecule is CC(C)S(=O)(=O)c1cnn2c1CN(C(=O)OC(C)(C)C)[C@@H](C)C2. The van der Waals surface area contributed by atoms with Gasteiger partial charge in [0, 0.05) is 0 Å². The Bertz CT molecular complexity index is 701. The van der Waals surface area contributed by atoms with Crippen molar-refractivity contribution in [2.45, 2.75) is 76.4 Å². The smallest absolute Gasteiger partial charge is 0.410 e. The molecule has 0 spiro atoms. The van der Waals surface area contributed by atoms with Crippen molar-refractivity contribution in [3.8, 4) is 0 Å². The summed E-state index contributed by atoms with van der Waals surface area (Å²) in [5.74, 6) is 0. The van der Waals surface area contributed by atoms with Crippen LogP contribution in [0.3, 0.4) is 0 Å². The predicted octanol–water partition coefficient (Wildman–Crippen LogP) is 2.20. The van der Waals surface area contributed by atoms with Gasteiger partial charge >= 0.3 is 6.09 Å². The minimum absolute atomic E-state index is 0.119. The molecule has 8 heteroatoms.